The SMILES string of the molecule is COC(=O)CCSc1ccc(S(=O)(=O)N2CCCC2)cc1[N+](=O)[O-]. The molecule has 8 nitrogen and oxygen atoms in total. The van der Waals surface area contributed by atoms with E-state index in [1.807, 2.05) is 0 Å². The Morgan fingerprint density at radius 1 is 1.38 bits per heavy atom. The smallest absolute Gasteiger partial charge is 0.306 e. The second-order valence-electron chi connectivity index (χ2n) is 5.17. The van der Waals surface area contributed by atoms with E-state index in [1.54, 1.807) is 0 Å². The highest BCUT2D eigenvalue weighted by Crippen LogP contribution is 2.33. The molecule has 0 aromatic heterocycles. The van der Waals surface area contributed by atoms with E-state index in [1.165, 1.54) is 23.5 Å². The Hall–Kier alpha value is -1.65. The summed E-state index contributed by atoms with van der Waals surface area (Å²) in [7, 11) is -2.43. The van der Waals surface area contributed by atoms with E-state index in [4.69, 9.17) is 0 Å². The molecule has 0 N–H and O–H groups in total. The predicted octanol–water partition coefficient (Wildman–Crippen LogP) is 2.03. The lowest BCUT2D eigenvalue weighted by molar-refractivity contribution is -0.388. The van der Waals surface area contributed by atoms with Crippen LogP contribution in [0.3, 0.4) is 0 Å². The topological polar surface area (TPSA) is 107 Å². The van der Waals surface area contributed by atoms with Gasteiger partial charge in [0.25, 0.3) is 5.69 Å². The number of sulfonamides is 1. The molecule has 0 atom stereocenters. The number of carbonyl (C=O) groups is 1. The number of esters is 1. The maximum absolute atomic E-state index is 12.5. The summed E-state index contributed by atoms with van der Waals surface area (Å²) in [6, 6.07) is 3.89. The minimum absolute atomic E-state index is 0.0755. The fourth-order valence-corrected chi connectivity index (χ4v) is 4.82. The highest BCUT2D eigenvalue weighted by Gasteiger charge is 2.29. The zero-order valence-electron chi connectivity index (χ0n) is 13.1. The van der Waals surface area contributed by atoms with Crippen LogP contribution >= 0.6 is 11.8 Å². The number of methoxy groups -OCH3 is 1. The zero-order chi connectivity index (χ0) is 17.7. The first-order valence-electron chi connectivity index (χ1n) is 7.34. The lowest BCUT2D eigenvalue weighted by Gasteiger charge is -2.15. The average molecular weight is 374 g/mol. The van der Waals surface area contributed by atoms with Gasteiger partial charge in [0, 0.05) is 24.9 Å². The highest BCUT2D eigenvalue weighted by atomic mass is 32.2. The molecule has 1 aliphatic rings. The lowest BCUT2D eigenvalue weighted by atomic mass is 10.3. The van der Waals surface area contributed by atoms with Crippen molar-refractivity contribution in [3.8, 4) is 0 Å². The Balaban J connectivity index is 2.23. The molecule has 1 aliphatic heterocycles. The van der Waals surface area contributed by atoms with Crippen molar-refractivity contribution in [3.05, 3.63) is 28.3 Å². The molecule has 1 heterocycles. The summed E-state index contributed by atoms with van der Waals surface area (Å²) in [5, 5.41) is 11.3. The van der Waals surface area contributed by atoms with Gasteiger partial charge in [0.05, 0.1) is 28.2 Å². The molecule has 0 radical (unpaired) electrons. The Morgan fingerprint density at radius 3 is 2.62 bits per heavy atom. The van der Waals surface area contributed by atoms with Crippen molar-refractivity contribution >= 4 is 33.4 Å². The van der Waals surface area contributed by atoms with Crippen LogP contribution in [0.2, 0.25) is 0 Å². The highest BCUT2D eigenvalue weighted by molar-refractivity contribution is 7.99. The van der Waals surface area contributed by atoms with Gasteiger partial charge < -0.3 is 4.74 Å². The average Bonchev–Trinajstić information content (AvgIpc) is 3.09. The monoisotopic (exact) mass is 374 g/mol. The van der Waals surface area contributed by atoms with Crippen molar-refractivity contribution in [1.82, 2.24) is 4.31 Å². The number of benzene rings is 1. The largest absolute Gasteiger partial charge is 0.469 e. The van der Waals surface area contributed by atoms with Gasteiger partial charge in [-0.05, 0) is 25.0 Å². The van der Waals surface area contributed by atoms with Gasteiger partial charge in [0.2, 0.25) is 10.0 Å². The molecule has 1 aromatic rings. The van der Waals surface area contributed by atoms with E-state index in [0.717, 1.165) is 30.7 Å². The number of hydrogen-bond donors (Lipinski definition) is 0. The van der Waals surface area contributed by atoms with Crippen LogP contribution in [0, 0.1) is 10.1 Å². The van der Waals surface area contributed by atoms with Crippen LogP contribution in [0.25, 0.3) is 0 Å². The Labute approximate surface area is 144 Å². The summed E-state index contributed by atoms with van der Waals surface area (Å²) < 4.78 is 30.9. The predicted molar refractivity (Wildman–Crippen MR) is 88.4 cm³/mol. The first kappa shape index (κ1) is 18.7. The number of nitro benzene ring substituents is 1. The minimum Gasteiger partial charge on any atom is -0.469 e. The Bertz CT molecular complexity index is 729. The molecule has 24 heavy (non-hydrogen) atoms. The number of thioether (sulfide) groups is 1. The number of rotatable bonds is 7. The number of nitrogens with zero attached hydrogens (tertiary/aromatic N) is 2. The second kappa shape index (κ2) is 7.95. The molecule has 1 fully saturated rings. The molecule has 10 heteroatoms. The number of nitro groups is 1. The van der Waals surface area contributed by atoms with Crippen LogP contribution in [-0.2, 0) is 19.6 Å². The van der Waals surface area contributed by atoms with Crippen LogP contribution < -0.4 is 0 Å². The van der Waals surface area contributed by atoms with Gasteiger partial charge in [0.1, 0.15) is 0 Å². The molecule has 0 unspecified atom stereocenters. The fraction of sp³-hybridized carbons (Fsp3) is 0.500. The van der Waals surface area contributed by atoms with Gasteiger partial charge in [-0.15, -0.1) is 11.8 Å². The third kappa shape index (κ3) is 4.25. The van der Waals surface area contributed by atoms with E-state index in [0.29, 0.717) is 23.7 Å². The standard InChI is InChI=1S/C14H18N2O6S2/c1-22-14(17)6-9-23-13-5-4-11(10-12(13)16(18)19)24(20,21)15-7-2-3-8-15/h4-5,10H,2-3,6-9H2,1H3. The number of hydrogen-bond acceptors (Lipinski definition) is 7. The molecule has 0 spiro atoms. The van der Waals surface area contributed by atoms with Crippen LogP contribution in [0.5, 0.6) is 0 Å². The van der Waals surface area contributed by atoms with Gasteiger partial charge in [-0.3, -0.25) is 14.9 Å². The van der Waals surface area contributed by atoms with Crippen molar-refractivity contribution in [2.75, 3.05) is 26.0 Å². The molecule has 0 amide bonds. The second-order valence-corrected chi connectivity index (χ2v) is 8.25. The van der Waals surface area contributed by atoms with Crippen LogP contribution in [0.1, 0.15) is 19.3 Å². The van der Waals surface area contributed by atoms with Crippen molar-refractivity contribution in [2.24, 2.45) is 0 Å². The van der Waals surface area contributed by atoms with Crippen molar-refractivity contribution < 1.29 is 22.9 Å². The third-order valence-electron chi connectivity index (χ3n) is 3.62. The molecule has 1 saturated heterocycles. The first-order chi connectivity index (χ1) is 11.4. The van der Waals surface area contributed by atoms with E-state index in [-0.39, 0.29) is 17.0 Å². The summed E-state index contributed by atoms with van der Waals surface area (Å²) in [6.07, 6.45) is 1.71. The summed E-state index contributed by atoms with van der Waals surface area (Å²) in [5.74, 6) is -0.0930. The van der Waals surface area contributed by atoms with Crippen molar-refractivity contribution in [1.29, 1.82) is 0 Å². The first-order valence-corrected chi connectivity index (χ1v) is 9.77. The molecular formula is C14H18N2O6S2. The molecule has 2 rings (SSSR count). The van der Waals surface area contributed by atoms with Crippen molar-refractivity contribution in [3.63, 3.8) is 0 Å². The van der Waals surface area contributed by atoms with E-state index in [9.17, 15) is 23.3 Å². The fourth-order valence-electron chi connectivity index (χ4n) is 2.35. The van der Waals surface area contributed by atoms with E-state index < -0.39 is 20.9 Å². The third-order valence-corrected chi connectivity index (χ3v) is 6.58. The van der Waals surface area contributed by atoms with Gasteiger partial charge in [-0.25, -0.2) is 8.42 Å². The van der Waals surface area contributed by atoms with E-state index in [2.05, 4.69) is 4.74 Å². The van der Waals surface area contributed by atoms with Gasteiger partial charge in [0.15, 0.2) is 0 Å². The zero-order valence-corrected chi connectivity index (χ0v) is 14.8. The molecule has 1 aromatic carbocycles. The summed E-state index contributed by atoms with van der Waals surface area (Å²) >= 11 is 1.12. The van der Waals surface area contributed by atoms with Crippen LogP contribution in [-0.4, -0.2) is 49.6 Å². The Kier molecular flexibility index (Phi) is 6.19. The van der Waals surface area contributed by atoms with Crippen LogP contribution in [0.4, 0.5) is 5.69 Å². The maximum atomic E-state index is 12.5. The Morgan fingerprint density at radius 2 is 2.04 bits per heavy atom. The summed E-state index contributed by atoms with van der Waals surface area (Å²) in [5.41, 5.74) is -0.273. The normalized spacial score (nSPS) is 15.4. The molecule has 0 bridgehead atoms. The molecule has 0 aliphatic carbocycles. The number of carbonyl (C=O) groups excluding carboxylic acids is 1. The molecule has 132 valence electrons. The maximum Gasteiger partial charge on any atom is 0.306 e. The molecular weight excluding hydrogens is 356 g/mol. The van der Waals surface area contributed by atoms with Crippen LogP contribution in [0.15, 0.2) is 28.0 Å². The number of ether oxygens (including phenoxy) is 1. The van der Waals surface area contributed by atoms with Gasteiger partial charge in [-0.1, -0.05) is 0 Å². The summed E-state index contributed by atoms with van der Waals surface area (Å²) in [4.78, 5) is 22.0. The van der Waals surface area contributed by atoms with Gasteiger partial charge in [-0.2, -0.15) is 4.31 Å². The van der Waals surface area contributed by atoms with Crippen molar-refractivity contribution in [2.45, 2.75) is 29.1 Å². The quantitative estimate of drug-likeness (QED) is 0.311. The summed E-state index contributed by atoms with van der Waals surface area (Å²) in [6.45, 7) is 0.873. The molecule has 0 saturated carbocycles. The van der Waals surface area contributed by atoms with Gasteiger partial charge >= 0.3 is 5.97 Å². The minimum atomic E-state index is -3.70. The lowest BCUT2D eigenvalue weighted by Crippen LogP contribution is -2.27. The van der Waals surface area contributed by atoms with E-state index >= 15 is 0 Å².